The highest BCUT2D eigenvalue weighted by atomic mass is 16.4. The molecule has 0 unspecified atom stereocenters. The van der Waals surface area contributed by atoms with Gasteiger partial charge in [0.05, 0.1) is 0 Å². The summed E-state index contributed by atoms with van der Waals surface area (Å²) in [7, 11) is 0. The fourth-order valence-electron chi connectivity index (χ4n) is 3.20. The summed E-state index contributed by atoms with van der Waals surface area (Å²) in [6.45, 7) is 0. The van der Waals surface area contributed by atoms with Crippen molar-refractivity contribution in [2.45, 2.75) is 38.0 Å². The van der Waals surface area contributed by atoms with Gasteiger partial charge < -0.3 is 5.11 Å². The maximum atomic E-state index is 10.8. The monoisotopic (exact) mass is 285 g/mol. The van der Waals surface area contributed by atoms with E-state index < -0.39 is 5.97 Å². The van der Waals surface area contributed by atoms with E-state index >= 15 is 0 Å². The SMILES string of the molecule is O=C(O)CC1CCC(c2ccc(-c3ncn[nH]3)cc2)CC1. The highest BCUT2D eigenvalue weighted by Gasteiger charge is 2.23. The molecule has 3 rings (SSSR count). The second-order valence-electron chi connectivity index (χ2n) is 5.77. The molecule has 0 saturated heterocycles. The number of aromatic nitrogens is 3. The van der Waals surface area contributed by atoms with Gasteiger partial charge in [-0.1, -0.05) is 24.3 Å². The maximum Gasteiger partial charge on any atom is 0.303 e. The Bertz CT molecular complexity index is 584. The predicted molar refractivity (Wildman–Crippen MR) is 78.8 cm³/mol. The zero-order valence-electron chi connectivity index (χ0n) is 11.8. The van der Waals surface area contributed by atoms with Gasteiger partial charge in [-0.3, -0.25) is 9.89 Å². The first kappa shape index (κ1) is 13.8. The summed E-state index contributed by atoms with van der Waals surface area (Å²) in [6, 6.07) is 8.44. The van der Waals surface area contributed by atoms with Crippen LogP contribution in [0.5, 0.6) is 0 Å². The van der Waals surface area contributed by atoms with Crippen molar-refractivity contribution in [3.8, 4) is 11.4 Å². The van der Waals surface area contributed by atoms with Gasteiger partial charge in [0, 0.05) is 12.0 Å². The fraction of sp³-hybridized carbons (Fsp3) is 0.438. The van der Waals surface area contributed by atoms with Gasteiger partial charge in [0.1, 0.15) is 6.33 Å². The molecule has 5 nitrogen and oxygen atoms in total. The first-order chi connectivity index (χ1) is 10.2. The largest absolute Gasteiger partial charge is 0.481 e. The fourth-order valence-corrected chi connectivity index (χ4v) is 3.20. The molecule has 0 amide bonds. The van der Waals surface area contributed by atoms with Gasteiger partial charge in [-0.2, -0.15) is 5.10 Å². The molecule has 1 aromatic carbocycles. The van der Waals surface area contributed by atoms with Crippen LogP contribution < -0.4 is 0 Å². The molecule has 1 aliphatic carbocycles. The van der Waals surface area contributed by atoms with Crippen LogP contribution >= 0.6 is 0 Å². The van der Waals surface area contributed by atoms with Gasteiger partial charge in [-0.25, -0.2) is 4.98 Å². The maximum absolute atomic E-state index is 10.8. The number of nitrogens with zero attached hydrogens (tertiary/aromatic N) is 2. The summed E-state index contributed by atoms with van der Waals surface area (Å²) in [5, 5.41) is 15.6. The number of aliphatic carboxylic acids is 1. The second-order valence-corrected chi connectivity index (χ2v) is 5.77. The Morgan fingerprint density at radius 3 is 2.48 bits per heavy atom. The average molecular weight is 285 g/mol. The number of rotatable bonds is 4. The number of carboxylic acid groups (broad SMARTS) is 1. The minimum Gasteiger partial charge on any atom is -0.481 e. The normalized spacial score (nSPS) is 22.1. The molecule has 1 fully saturated rings. The number of carboxylic acids is 1. The number of carbonyl (C=O) groups is 1. The molecule has 1 saturated carbocycles. The number of aromatic amines is 1. The molecule has 110 valence electrons. The number of H-pyrrole nitrogens is 1. The zero-order chi connectivity index (χ0) is 14.7. The Morgan fingerprint density at radius 2 is 1.90 bits per heavy atom. The molecular formula is C16H19N3O2. The van der Waals surface area contributed by atoms with Crippen molar-refractivity contribution in [2.24, 2.45) is 5.92 Å². The number of hydrogen-bond acceptors (Lipinski definition) is 3. The van der Waals surface area contributed by atoms with Crippen LogP contribution in [-0.4, -0.2) is 26.3 Å². The molecule has 2 N–H and O–H groups in total. The number of nitrogens with one attached hydrogen (secondary N) is 1. The van der Waals surface area contributed by atoms with Crippen LogP contribution in [0, 0.1) is 5.92 Å². The lowest BCUT2D eigenvalue weighted by molar-refractivity contribution is -0.138. The van der Waals surface area contributed by atoms with Crippen molar-refractivity contribution in [2.75, 3.05) is 0 Å². The quantitative estimate of drug-likeness (QED) is 0.904. The molecule has 1 aliphatic rings. The molecule has 1 heterocycles. The van der Waals surface area contributed by atoms with Gasteiger partial charge in [-0.15, -0.1) is 0 Å². The van der Waals surface area contributed by atoms with Crippen molar-refractivity contribution in [1.29, 1.82) is 0 Å². The molecule has 21 heavy (non-hydrogen) atoms. The van der Waals surface area contributed by atoms with E-state index in [0.29, 0.717) is 18.3 Å². The Hall–Kier alpha value is -2.17. The first-order valence-electron chi connectivity index (χ1n) is 7.40. The van der Waals surface area contributed by atoms with E-state index in [-0.39, 0.29) is 0 Å². The van der Waals surface area contributed by atoms with Crippen LogP contribution in [0.2, 0.25) is 0 Å². The van der Waals surface area contributed by atoms with Gasteiger partial charge in [0.2, 0.25) is 0 Å². The highest BCUT2D eigenvalue weighted by Crippen LogP contribution is 2.37. The average Bonchev–Trinajstić information content (AvgIpc) is 3.02. The van der Waals surface area contributed by atoms with E-state index in [2.05, 4.69) is 39.4 Å². The minimum atomic E-state index is -0.671. The van der Waals surface area contributed by atoms with Gasteiger partial charge in [0.25, 0.3) is 0 Å². The van der Waals surface area contributed by atoms with E-state index in [1.807, 2.05) is 0 Å². The lowest BCUT2D eigenvalue weighted by Crippen LogP contribution is -2.16. The Balaban J connectivity index is 1.62. The first-order valence-corrected chi connectivity index (χ1v) is 7.40. The van der Waals surface area contributed by atoms with E-state index in [4.69, 9.17) is 5.11 Å². The molecule has 0 aliphatic heterocycles. The number of hydrogen-bond donors (Lipinski definition) is 2. The predicted octanol–water partition coefficient (Wildman–Crippen LogP) is 3.22. The van der Waals surface area contributed by atoms with Crippen LogP contribution in [0.15, 0.2) is 30.6 Å². The van der Waals surface area contributed by atoms with Crippen molar-refractivity contribution in [3.63, 3.8) is 0 Å². The van der Waals surface area contributed by atoms with E-state index in [0.717, 1.165) is 37.1 Å². The number of benzene rings is 1. The van der Waals surface area contributed by atoms with Crippen molar-refractivity contribution in [3.05, 3.63) is 36.2 Å². The molecule has 0 bridgehead atoms. The van der Waals surface area contributed by atoms with Crippen LogP contribution in [0.4, 0.5) is 0 Å². The van der Waals surface area contributed by atoms with Crippen LogP contribution in [0.1, 0.15) is 43.6 Å². The summed E-state index contributed by atoms with van der Waals surface area (Å²) < 4.78 is 0. The molecule has 0 spiro atoms. The van der Waals surface area contributed by atoms with Crippen molar-refractivity contribution >= 4 is 5.97 Å². The van der Waals surface area contributed by atoms with Crippen LogP contribution in [0.25, 0.3) is 11.4 Å². The minimum absolute atomic E-state index is 0.317. The smallest absolute Gasteiger partial charge is 0.303 e. The highest BCUT2D eigenvalue weighted by molar-refractivity contribution is 5.67. The van der Waals surface area contributed by atoms with Gasteiger partial charge in [0.15, 0.2) is 5.82 Å². The summed E-state index contributed by atoms with van der Waals surface area (Å²) >= 11 is 0. The lowest BCUT2D eigenvalue weighted by atomic mass is 9.77. The third kappa shape index (κ3) is 3.29. The molecule has 0 atom stereocenters. The molecule has 0 radical (unpaired) electrons. The van der Waals surface area contributed by atoms with Crippen molar-refractivity contribution in [1.82, 2.24) is 15.2 Å². The van der Waals surface area contributed by atoms with Crippen molar-refractivity contribution < 1.29 is 9.90 Å². The van der Waals surface area contributed by atoms with Crippen LogP contribution in [0.3, 0.4) is 0 Å². The Labute approximate surface area is 123 Å². The van der Waals surface area contributed by atoms with E-state index in [9.17, 15) is 4.79 Å². The summed E-state index contributed by atoms with van der Waals surface area (Å²) in [6.07, 6.45) is 6.02. The molecular weight excluding hydrogens is 266 g/mol. The standard InChI is InChI=1S/C16H19N3O2/c20-15(21)9-11-1-3-12(4-2-11)13-5-7-14(8-6-13)16-17-10-18-19-16/h5-8,10-12H,1-4,9H2,(H,20,21)(H,17,18,19). The van der Waals surface area contributed by atoms with E-state index in [1.165, 1.54) is 11.9 Å². The third-order valence-electron chi connectivity index (χ3n) is 4.38. The topological polar surface area (TPSA) is 78.9 Å². The van der Waals surface area contributed by atoms with Crippen LogP contribution in [-0.2, 0) is 4.79 Å². The molecule has 1 aromatic heterocycles. The van der Waals surface area contributed by atoms with Gasteiger partial charge >= 0.3 is 5.97 Å². The van der Waals surface area contributed by atoms with Gasteiger partial charge in [-0.05, 0) is 43.1 Å². The summed E-state index contributed by atoms with van der Waals surface area (Å²) in [5.74, 6) is 1.02. The summed E-state index contributed by atoms with van der Waals surface area (Å²) in [5.41, 5.74) is 2.38. The molecule has 2 aromatic rings. The Kier molecular flexibility index (Phi) is 3.99. The summed E-state index contributed by atoms with van der Waals surface area (Å²) in [4.78, 5) is 14.9. The third-order valence-corrected chi connectivity index (χ3v) is 4.38. The lowest BCUT2D eigenvalue weighted by Gasteiger charge is -2.28. The zero-order valence-corrected chi connectivity index (χ0v) is 11.8. The molecule has 5 heteroatoms. The van der Waals surface area contributed by atoms with E-state index in [1.54, 1.807) is 0 Å². The Morgan fingerprint density at radius 1 is 1.19 bits per heavy atom. The second kappa shape index (κ2) is 6.08.